The minimum atomic E-state index is -0.175. The Bertz CT molecular complexity index is 821. The van der Waals surface area contributed by atoms with E-state index in [2.05, 4.69) is 44.6 Å². The molecule has 28 heavy (non-hydrogen) atoms. The predicted molar refractivity (Wildman–Crippen MR) is 106 cm³/mol. The smallest absolute Gasteiger partial charge is 0.234 e. The molecule has 0 unspecified atom stereocenters. The van der Waals surface area contributed by atoms with Crippen molar-refractivity contribution < 1.29 is 9.32 Å². The highest BCUT2D eigenvalue weighted by Crippen LogP contribution is 2.50. The van der Waals surface area contributed by atoms with Crippen LogP contribution in [0.1, 0.15) is 30.1 Å². The van der Waals surface area contributed by atoms with Crippen LogP contribution in [-0.4, -0.2) is 65.6 Å². The Labute approximate surface area is 166 Å². The Morgan fingerprint density at radius 1 is 1.36 bits per heavy atom. The lowest BCUT2D eigenvalue weighted by Crippen LogP contribution is -2.41. The van der Waals surface area contributed by atoms with E-state index >= 15 is 0 Å². The number of aryl methyl sites for hydroxylation is 1. The van der Waals surface area contributed by atoms with E-state index in [4.69, 9.17) is 4.52 Å². The summed E-state index contributed by atoms with van der Waals surface area (Å²) in [6, 6.07) is 10.7. The lowest BCUT2D eigenvalue weighted by Gasteiger charge is -2.25. The summed E-state index contributed by atoms with van der Waals surface area (Å²) >= 11 is 0. The lowest BCUT2D eigenvalue weighted by molar-refractivity contribution is -0.122. The van der Waals surface area contributed by atoms with E-state index in [0.29, 0.717) is 18.3 Å². The van der Waals surface area contributed by atoms with E-state index in [1.54, 1.807) is 0 Å². The Morgan fingerprint density at radius 3 is 2.82 bits per heavy atom. The molecule has 7 nitrogen and oxygen atoms in total. The molecule has 2 aliphatic rings. The Kier molecular flexibility index (Phi) is 5.21. The maximum atomic E-state index is 12.3. The van der Waals surface area contributed by atoms with E-state index in [-0.39, 0.29) is 17.4 Å². The number of carbonyl (C=O) groups is 1. The molecule has 1 aromatic heterocycles. The molecule has 7 heteroatoms. The summed E-state index contributed by atoms with van der Waals surface area (Å²) in [6.45, 7) is 5.06. The molecule has 1 saturated heterocycles. The molecule has 0 bridgehead atoms. The van der Waals surface area contributed by atoms with E-state index in [9.17, 15) is 4.79 Å². The van der Waals surface area contributed by atoms with Gasteiger partial charge in [-0.3, -0.25) is 9.69 Å². The van der Waals surface area contributed by atoms with Gasteiger partial charge < -0.3 is 14.7 Å². The second-order valence-corrected chi connectivity index (χ2v) is 8.60. The first-order chi connectivity index (χ1) is 13.4. The van der Waals surface area contributed by atoms with Crippen molar-refractivity contribution in [1.29, 1.82) is 0 Å². The molecule has 2 fully saturated rings. The van der Waals surface area contributed by atoms with Gasteiger partial charge in [0.25, 0.3) is 0 Å². The van der Waals surface area contributed by atoms with Crippen LogP contribution >= 0.6 is 0 Å². The zero-order chi connectivity index (χ0) is 19.7. The standard InChI is InChI=1S/C21H29N5O2/c1-15-22-20(28-24-15)21-10-18(23-19(27)13-25(2)3)9-17(21)12-26(14-21)11-16-7-5-4-6-8-16/h4-8,17-18H,9-14H2,1-3H3,(H,23,27)/t17-,18+,21-/m0/s1. The van der Waals surface area contributed by atoms with Gasteiger partial charge in [-0.15, -0.1) is 0 Å². The molecule has 3 atom stereocenters. The number of carbonyl (C=O) groups excluding carboxylic acids is 1. The molecular formula is C21H29N5O2. The van der Waals surface area contributed by atoms with Crippen molar-refractivity contribution in [3.05, 3.63) is 47.6 Å². The molecule has 1 aliphatic heterocycles. The van der Waals surface area contributed by atoms with E-state index in [1.165, 1.54) is 5.56 Å². The van der Waals surface area contributed by atoms with Crippen molar-refractivity contribution in [3.8, 4) is 0 Å². The average molecular weight is 383 g/mol. The number of benzene rings is 1. The Balaban J connectivity index is 1.51. The van der Waals surface area contributed by atoms with Gasteiger partial charge in [0, 0.05) is 25.7 Å². The summed E-state index contributed by atoms with van der Waals surface area (Å²) in [6.07, 6.45) is 1.80. The monoisotopic (exact) mass is 383 g/mol. The first-order valence-corrected chi connectivity index (χ1v) is 9.96. The zero-order valence-corrected chi connectivity index (χ0v) is 16.9. The summed E-state index contributed by atoms with van der Waals surface area (Å²) in [4.78, 5) is 21.2. The second kappa shape index (κ2) is 7.64. The highest BCUT2D eigenvalue weighted by molar-refractivity contribution is 5.78. The number of nitrogens with one attached hydrogen (secondary N) is 1. The molecule has 1 amide bonds. The summed E-state index contributed by atoms with van der Waals surface area (Å²) in [5.74, 6) is 1.88. The van der Waals surface area contributed by atoms with Crippen molar-refractivity contribution in [1.82, 2.24) is 25.3 Å². The number of nitrogens with zero attached hydrogens (tertiary/aromatic N) is 4. The van der Waals surface area contributed by atoms with Gasteiger partial charge in [-0.05, 0) is 45.3 Å². The van der Waals surface area contributed by atoms with Gasteiger partial charge in [0.05, 0.1) is 12.0 Å². The molecule has 0 spiro atoms. The fourth-order valence-corrected chi connectivity index (χ4v) is 4.94. The second-order valence-electron chi connectivity index (χ2n) is 8.60. The van der Waals surface area contributed by atoms with Crippen LogP contribution in [0, 0.1) is 12.8 Å². The van der Waals surface area contributed by atoms with Gasteiger partial charge in [-0.1, -0.05) is 35.5 Å². The number of rotatable bonds is 6. The van der Waals surface area contributed by atoms with Crippen LogP contribution in [0.3, 0.4) is 0 Å². The Hall–Kier alpha value is -2.25. The first kappa shape index (κ1) is 19.1. The molecule has 150 valence electrons. The van der Waals surface area contributed by atoms with Crippen molar-refractivity contribution in [2.75, 3.05) is 33.7 Å². The molecule has 2 heterocycles. The largest absolute Gasteiger partial charge is 0.352 e. The summed E-state index contributed by atoms with van der Waals surface area (Å²) in [5, 5.41) is 7.27. The number of likely N-dealkylation sites (tertiary alicyclic amines) is 1. The molecule has 4 rings (SSSR count). The lowest BCUT2D eigenvalue weighted by atomic mass is 9.80. The van der Waals surface area contributed by atoms with Crippen LogP contribution in [0.4, 0.5) is 0 Å². The molecule has 1 saturated carbocycles. The number of amides is 1. The SMILES string of the molecule is Cc1noc([C@]23C[C@H](NC(=O)CN(C)C)C[C@H]2CN(Cc2ccccc2)C3)n1. The summed E-state index contributed by atoms with van der Waals surface area (Å²) < 4.78 is 5.66. The number of fused-ring (bicyclic) bond motifs is 1. The molecule has 1 aromatic carbocycles. The van der Waals surface area contributed by atoms with E-state index in [0.717, 1.165) is 38.4 Å². The Morgan fingerprint density at radius 2 is 2.14 bits per heavy atom. The number of likely N-dealkylation sites (N-methyl/N-ethyl adjacent to an activating group) is 1. The van der Waals surface area contributed by atoms with Crippen LogP contribution in [-0.2, 0) is 16.8 Å². The van der Waals surface area contributed by atoms with Gasteiger partial charge in [0.15, 0.2) is 5.82 Å². The number of aromatic nitrogens is 2. The van der Waals surface area contributed by atoms with Gasteiger partial charge in [0.2, 0.25) is 11.8 Å². The van der Waals surface area contributed by atoms with Crippen molar-refractivity contribution >= 4 is 5.91 Å². The van der Waals surface area contributed by atoms with Crippen molar-refractivity contribution in [3.63, 3.8) is 0 Å². The van der Waals surface area contributed by atoms with Crippen LogP contribution < -0.4 is 5.32 Å². The summed E-state index contributed by atoms with van der Waals surface area (Å²) in [5.41, 5.74) is 1.14. The fourth-order valence-electron chi connectivity index (χ4n) is 4.94. The van der Waals surface area contributed by atoms with Gasteiger partial charge in [0.1, 0.15) is 0 Å². The third-order valence-electron chi connectivity index (χ3n) is 5.97. The van der Waals surface area contributed by atoms with Gasteiger partial charge >= 0.3 is 0 Å². The number of hydrogen-bond acceptors (Lipinski definition) is 6. The molecule has 2 aromatic rings. The van der Waals surface area contributed by atoms with E-state index < -0.39 is 0 Å². The molecule has 1 N–H and O–H groups in total. The van der Waals surface area contributed by atoms with Crippen LogP contribution in [0.2, 0.25) is 0 Å². The quantitative estimate of drug-likeness (QED) is 0.817. The highest BCUT2D eigenvalue weighted by atomic mass is 16.5. The maximum absolute atomic E-state index is 12.3. The average Bonchev–Trinajstić information content (AvgIpc) is 3.28. The topological polar surface area (TPSA) is 74.5 Å². The van der Waals surface area contributed by atoms with Gasteiger partial charge in [-0.2, -0.15) is 4.98 Å². The van der Waals surface area contributed by atoms with E-state index in [1.807, 2.05) is 32.0 Å². The normalized spacial score (nSPS) is 27.3. The zero-order valence-electron chi connectivity index (χ0n) is 16.9. The minimum absolute atomic E-state index is 0.0768. The molecule has 0 radical (unpaired) electrons. The third-order valence-corrected chi connectivity index (χ3v) is 5.97. The number of hydrogen-bond donors (Lipinski definition) is 1. The van der Waals surface area contributed by atoms with Crippen LogP contribution in [0.15, 0.2) is 34.9 Å². The summed E-state index contributed by atoms with van der Waals surface area (Å²) in [7, 11) is 3.82. The molecule has 1 aliphatic carbocycles. The van der Waals surface area contributed by atoms with Crippen molar-refractivity contribution in [2.24, 2.45) is 5.92 Å². The third kappa shape index (κ3) is 3.82. The van der Waals surface area contributed by atoms with Gasteiger partial charge in [-0.25, -0.2) is 0 Å². The van der Waals surface area contributed by atoms with Crippen LogP contribution in [0.5, 0.6) is 0 Å². The predicted octanol–water partition coefficient (Wildman–Crippen LogP) is 1.59. The fraction of sp³-hybridized carbons (Fsp3) is 0.571. The van der Waals surface area contributed by atoms with Crippen LogP contribution in [0.25, 0.3) is 0 Å². The highest BCUT2D eigenvalue weighted by Gasteiger charge is 2.57. The minimum Gasteiger partial charge on any atom is -0.352 e. The van der Waals surface area contributed by atoms with Crippen molar-refractivity contribution in [2.45, 2.75) is 37.8 Å². The first-order valence-electron chi connectivity index (χ1n) is 9.96. The maximum Gasteiger partial charge on any atom is 0.234 e. The molecular weight excluding hydrogens is 354 g/mol.